The molecule has 0 aliphatic heterocycles. The Morgan fingerprint density at radius 2 is 1.85 bits per heavy atom. The van der Waals surface area contributed by atoms with Crippen molar-refractivity contribution < 1.29 is 24.6 Å². The van der Waals surface area contributed by atoms with E-state index in [2.05, 4.69) is 10.6 Å². The summed E-state index contributed by atoms with van der Waals surface area (Å²) in [6.07, 6.45) is -0.562. The highest BCUT2D eigenvalue weighted by atomic mass is 16.4. The molecule has 0 unspecified atom stereocenters. The predicted octanol–water partition coefficient (Wildman–Crippen LogP) is 0.708. The van der Waals surface area contributed by atoms with Crippen LogP contribution in [0, 0.1) is 0 Å². The molecule has 1 aromatic carbocycles. The van der Waals surface area contributed by atoms with Crippen LogP contribution in [-0.4, -0.2) is 34.2 Å². The fourth-order valence-corrected chi connectivity index (χ4v) is 1.45. The second-order valence-corrected chi connectivity index (χ2v) is 4.01. The highest BCUT2D eigenvalue weighted by Gasteiger charge is 2.21. The Kier molecular flexibility index (Phi) is 5.33. The van der Waals surface area contributed by atoms with E-state index in [9.17, 15) is 14.4 Å². The first-order chi connectivity index (χ1) is 9.40. The van der Waals surface area contributed by atoms with Crippen molar-refractivity contribution in [3.8, 4) is 0 Å². The zero-order valence-corrected chi connectivity index (χ0v) is 10.5. The van der Waals surface area contributed by atoms with Crippen molar-refractivity contribution in [2.24, 2.45) is 0 Å². The summed E-state index contributed by atoms with van der Waals surface area (Å²) in [5, 5.41) is 22.0. The standard InChI is InChI=1S/C12H15N3O5/c13-7-3-1-2-4-8(7)14-12(20)15-9(11(18)19)5-6-10(16)17/h1-4,9H,5-6,13H2,(H,16,17)(H,18,19)(H2,14,15,20)/t9-/m0/s1. The maximum Gasteiger partial charge on any atom is 0.326 e. The van der Waals surface area contributed by atoms with Crippen molar-refractivity contribution in [1.82, 2.24) is 5.32 Å². The normalized spacial score (nSPS) is 11.4. The second-order valence-electron chi connectivity index (χ2n) is 4.01. The third-order valence-corrected chi connectivity index (χ3v) is 2.46. The molecule has 108 valence electrons. The van der Waals surface area contributed by atoms with Gasteiger partial charge in [0.05, 0.1) is 11.4 Å². The molecule has 0 saturated carbocycles. The topological polar surface area (TPSA) is 142 Å². The first kappa shape index (κ1) is 15.3. The summed E-state index contributed by atoms with van der Waals surface area (Å²) in [7, 11) is 0. The molecule has 0 fully saturated rings. The number of rotatable bonds is 6. The lowest BCUT2D eigenvalue weighted by Gasteiger charge is -2.15. The van der Waals surface area contributed by atoms with E-state index < -0.39 is 24.0 Å². The number of hydrogen-bond donors (Lipinski definition) is 5. The van der Waals surface area contributed by atoms with E-state index in [-0.39, 0.29) is 12.8 Å². The molecule has 8 nitrogen and oxygen atoms in total. The number of carboxylic acid groups (broad SMARTS) is 2. The first-order valence-corrected chi connectivity index (χ1v) is 5.76. The summed E-state index contributed by atoms with van der Waals surface area (Å²) in [4.78, 5) is 33.0. The van der Waals surface area contributed by atoms with Gasteiger partial charge in [-0.3, -0.25) is 4.79 Å². The highest BCUT2D eigenvalue weighted by Crippen LogP contribution is 2.16. The second kappa shape index (κ2) is 6.98. The van der Waals surface area contributed by atoms with Crippen molar-refractivity contribution in [1.29, 1.82) is 0 Å². The molecule has 0 aliphatic carbocycles. The number of para-hydroxylation sites is 2. The van der Waals surface area contributed by atoms with Gasteiger partial charge in [0, 0.05) is 6.42 Å². The van der Waals surface area contributed by atoms with Crippen LogP contribution in [0.4, 0.5) is 16.2 Å². The average Bonchev–Trinajstić information content (AvgIpc) is 2.36. The van der Waals surface area contributed by atoms with Crippen LogP contribution in [0.25, 0.3) is 0 Å². The minimum absolute atomic E-state index is 0.206. The summed E-state index contributed by atoms with van der Waals surface area (Å²) in [5.41, 5.74) is 6.29. The monoisotopic (exact) mass is 281 g/mol. The van der Waals surface area contributed by atoms with Crippen LogP contribution in [0.3, 0.4) is 0 Å². The Balaban J connectivity index is 2.60. The molecule has 20 heavy (non-hydrogen) atoms. The zero-order chi connectivity index (χ0) is 15.1. The number of benzene rings is 1. The van der Waals surface area contributed by atoms with Gasteiger partial charge in [0.1, 0.15) is 6.04 Å². The van der Waals surface area contributed by atoms with Gasteiger partial charge in [-0.1, -0.05) is 12.1 Å². The third-order valence-electron chi connectivity index (χ3n) is 2.46. The Labute approximate surface area is 114 Å². The molecule has 0 saturated heterocycles. The smallest absolute Gasteiger partial charge is 0.326 e. The number of anilines is 2. The fraction of sp³-hybridized carbons (Fsp3) is 0.250. The van der Waals surface area contributed by atoms with Gasteiger partial charge in [0.25, 0.3) is 0 Å². The lowest BCUT2D eigenvalue weighted by Crippen LogP contribution is -2.43. The predicted molar refractivity (Wildman–Crippen MR) is 71.3 cm³/mol. The Morgan fingerprint density at radius 3 is 2.40 bits per heavy atom. The number of carbonyl (C=O) groups excluding carboxylic acids is 1. The first-order valence-electron chi connectivity index (χ1n) is 5.76. The molecule has 2 amide bonds. The maximum absolute atomic E-state index is 11.6. The number of aliphatic carboxylic acids is 2. The van der Waals surface area contributed by atoms with Gasteiger partial charge in [0.15, 0.2) is 0 Å². The number of nitrogens with one attached hydrogen (secondary N) is 2. The number of urea groups is 1. The molecule has 8 heteroatoms. The molecule has 0 aliphatic rings. The SMILES string of the molecule is Nc1ccccc1NC(=O)N[C@@H](CCC(=O)O)C(=O)O. The minimum atomic E-state index is -1.30. The molecule has 0 heterocycles. The van der Waals surface area contributed by atoms with Gasteiger partial charge in [-0.05, 0) is 18.6 Å². The number of nitrogens with two attached hydrogens (primary N) is 1. The van der Waals surface area contributed by atoms with E-state index in [0.717, 1.165) is 0 Å². The lowest BCUT2D eigenvalue weighted by molar-refractivity contribution is -0.140. The van der Waals surface area contributed by atoms with Gasteiger partial charge in [-0.2, -0.15) is 0 Å². The highest BCUT2D eigenvalue weighted by molar-refractivity contribution is 5.94. The van der Waals surface area contributed by atoms with E-state index in [1.165, 1.54) is 0 Å². The summed E-state index contributed by atoms with van der Waals surface area (Å²) >= 11 is 0. The molecule has 0 spiro atoms. The van der Waals surface area contributed by atoms with E-state index in [1.807, 2.05) is 0 Å². The van der Waals surface area contributed by atoms with Gasteiger partial charge in [-0.15, -0.1) is 0 Å². The number of carboxylic acids is 2. The maximum atomic E-state index is 11.6. The van der Waals surface area contributed by atoms with Crippen LogP contribution in [0.15, 0.2) is 24.3 Å². The molecular weight excluding hydrogens is 266 g/mol. The molecule has 1 rings (SSSR count). The zero-order valence-electron chi connectivity index (χ0n) is 10.5. The molecule has 6 N–H and O–H groups in total. The summed E-state index contributed by atoms with van der Waals surface area (Å²) in [6.45, 7) is 0. The van der Waals surface area contributed by atoms with E-state index in [1.54, 1.807) is 24.3 Å². The van der Waals surface area contributed by atoms with E-state index in [0.29, 0.717) is 11.4 Å². The lowest BCUT2D eigenvalue weighted by atomic mass is 10.1. The quantitative estimate of drug-likeness (QED) is 0.486. The molecule has 0 bridgehead atoms. The van der Waals surface area contributed by atoms with Gasteiger partial charge >= 0.3 is 18.0 Å². The average molecular weight is 281 g/mol. The van der Waals surface area contributed by atoms with Crippen molar-refractivity contribution in [3.63, 3.8) is 0 Å². The van der Waals surface area contributed by atoms with Crippen LogP contribution in [0.5, 0.6) is 0 Å². The Bertz CT molecular complexity index is 518. The molecule has 1 atom stereocenters. The van der Waals surface area contributed by atoms with Gasteiger partial charge in [-0.25, -0.2) is 9.59 Å². The van der Waals surface area contributed by atoms with Crippen molar-refractivity contribution in [3.05, 3.63) is 24.3 Å². The van der Waals surface area contributed by atoms with Crippen LogP contribution < -0.4 is 16.4 Å². The van der Waals surface area contributed by atoms with Crippen molar-refractivity contribution >= 4 is 29.3 Å². The van der Waals surface area contributed by atoms with Gasteiger partial charge < -0.3 is 26.6 Å². The van der Waals surface area contributed by atoms with Crippen LogP contribution in [0.2, 0.25) is 0 Å². The van der Waals surface area contributed by atoms with E-state index in [4.69, 9.17) is 15.9 Å². The summed E-state index contributed by atoms with van der Waals surface area (Å²) in [5.74, 6) is -2.44. The molecule has 0 aromatic heterocycles. The summed E-state index contributed by atoms with van der Waals surface area (Å²) in [6, 6.07) is 4.43. The Morgan fingerprint density at radius 1 is 1.20 bits per heavy atom. The number of amides is 2. The van der Waals surface area contributed by atoms with Gasteiger partial charge in [0.2, 0.25) is 0 Å². The molecule has 0 radical (unpaired) electrons. The molecule has 1 aromatic rings. The largest absolute Gasteiger partial charge is 0.481 e. The number of hydrogen-bond acceptors (Lipinski definition) is 4. The van der Waals surface area contributed by atoms with Crippen LogP contribution in [-0.2, 0) is 9.59 Å². The van der Waals surface area contributed by atoms with Crippen LogP contribution >= 0.6 is 0 Å². The Hall–Kier alpha value is -2.77. The molecular formula is C12H15N3O5. The minimum Gasteiger partial charge on any atom is -0.481 e. The van der Waals surface area contributed by atoms with Crippen molar-refractivity contribution in [2.45, 2.75) is 18.9 Å². The number of nitrogen functional groups attached to an aromatic ring is 1. The number of carbonyl (C=O) groups is 3. The van der Waals surface area contributed by atoms with Crippen LogP contribution in [0.1, 0.15) is 12.8 Å². The van der Waals surface area contributed by atoms with Crippen molar-refractivity contribution in [2.75, 3.05) is 11.1 Å². The third kappa shape index (κ3) is 4.84. The fourth-order valence-electron chi connectivity index (χ4n) is 1.45. The van der Waals surface area contributed by atoms with E-state index >= 15 is 0 Å². The summed E-state index contributed by atoms with van der Waals surface area (Å²) < 4.78 is 0.